The van der Waals surface area contributed by atoms with Crippen LogP contribution in [0.1, 0.15) is 43.0 Å². The Bertz CT molecular complexity index is 501. The summed E-state index contributed by atoms with van der Waals surface area (Å²) in [6.45, 7) is 3.08. The molecule has 2 rings (SSSR count). The highest BCUT2D eigenvalue weighted by atomic mass is 32.1. The van der Waals surface area contributed by atoms with Crippen molar-refractivity contribution in [2.45, 2.75) is 51.6 Å². The molecule has 1 aromatic rings. The Morgan fingerprint density at radius 1 is 1.43 bits per heavy atom. The van der Waals surface area contributed by atoms with E-state index in [2.05, 4.69) is 18.3 Å². The average molecular weight is 310 g/mol. The maximum atomic E-state index is 12.3. The number of hydrogen-bond acceptors (Lipinski definition) is 3. The fraction of sp³-hybridized carbons (Fsp3) is 0.600. The minimum atomic E-state index is -0.905. The van der Waals surface area contributed by atoms with Crippen LogP contribution in [0.15, 0.2) is 11.4 Å². The first kappa shape index (κ1) is 15.8. The van der Waals surface area contributed by atoms with Gasteiger partial charge in [0.15, 0.2) is 0 Å². The lowest BCUT2D eigenvalue weighted by Gasteiger charge is -2.27. The summed E-state index contributed by atoms with van der Waals surface area (Å²) in [6.07, 6.45) is 4.21. The molecule has 1 aromatic heterocycles. The normalized spacial score (nSPS) is 19.1. The van der Waals surface area contributed by atoms with Gasteiger partial charge in [0, 0.05) is 11.4 Å². The van der Waals surface area contributed by atoms with E-state index in [1.54, 1.807) is 11.3 Å². The van der Waals surface area contributed by atoms with Gasteiger partial charge in [0.2, 0.25) is 0 Å². The van der Waals surface area contributed by atoms with Crippen molar-refractivity contribution in [2.75, 3.05) is 6.54 Å². The minimum absolute atomic E-state index is 0.264. The van der Waals surface area contributed by atoms with Gasteiger partial charge in [-0.15, -0.1) is 11.3 Å². The zero-order valence-corrected chi connectivity index (χ0v) is 13.1. The van der Waals surface area contributed by atoms with Crippen molar-refractivity contribution in [1.29, 1.82) is 0 Å². The molecule has 1 saturated heterocycles. The van der Waals surface area contributed by atoms with Gasteiger partial charge in [-0.1, -0.05) is 19.8 Å². The van der Waals surface area contributed by atoms with E-state index in [9.17, 15) is 14.7 Å². The second-order valence-corrected chi connectivity index (χ2v) is 6.28. The van der Waals surface area contributed by atoms with E-state index in [1.165, 1.54) is 10.5 Å². The molecule has 1 aliphatic rings. The smallest absolute Gasteiger partial charge is 0.326 e. The lowest BCUT2D eigenvalue weighted by atomic mass is 10.1. The summed E-state index contributed by atoms with van der Waals surface area (Å²) >= 11 is 1.62. The molecule has 0 saturated carbocycles. The van der Waals surface area contributed by atoms with Gasteiger partial charge in [-0.25, -0.2) is 9.59 Å². The Morgan fingerprint density at radius 2 is 2.24 bits per heavy atom. The van der Waals surface area contributed by atoms with E-state index in [0.29, 0.717) is 19.5 Å². The summed E-state index contributed by atoms with van der Waals surface area (Å²) in [6, 6.07) is 1.11. The van der Waals surface area contributed by atoms with Crippen molar-refractivity contribution in [3.8, 4) is 0 Å². The van der Waals surface area contributed by atoms with Gasteiger partial charge >= 0.3 is 12.0 Å². The van der Waals surface area contributed by atoms with Crippen LogP contribution in [0.3, 0.4) is 0 Å². The molecule has 0 aromatic carbocycles. The Hall–Kier alpha value is -1.56. The number of thiophene rings is 1. The Balaban J connectivity index is 1.98. The van der Waals surface area contributed by atoms with Gasteiger partial charge in [0.25, 0.3) is 0 Å². The number of amides is 2. The van der Waals surface area contributed by atoms with Gasteiger partial charge in [-0.05, 0) is 36.3 Å². The number of carbonyl (C=O) groups excluding carboxylic acids is 1. The molecule has 2 amide bonds. The zero-order valence-electron chi connectivity index (χ0n) is 12.3. The standard InChI is InChI=1S/C15H22N2O3S/c1-2-11-7-9-21-13(11)10-16-15(20)17-8-5-3-4-6-12(17)14(18)19/h7,9,12H,2-6,8,10H2,1H3,(H,16,20)(H,18,19). The third-order valence-corrected chi connectivity index (χ3v) is 4.88. The Labute approximate surface area is 129 Å². The van der Waals surface area contributed by atoms with Crippen LogP contribution in [0, 0.1) is 0 Å². The number of nitrogens with zero attached hydrogens (tertiary/aromatic N) is 1. The summed E-state index contributed by atoms with van der Waals surface area (Å²) in [7, 11) is 0. The number of carbonyl (C=O) groups is 2. The number of urea groups is 1. The number of carboxylic acid groups (broad SMARTS) is 1. The average Bonchev–Trinajstić information content (AvgIpc) is 2.77. The Kier molecular flexibility index (Phi) is 5.61. The summed E-state index contributed by atoms with van der Waals surface area (Å²) in [5, 5.41) is 14.2. The highest BCUT2D eigenvalue weighted by Gasteiger charge is 2.30. The van der Waals surface area contributed by atoms with Gasteiger partial charge in [-0.3, -0.25) is 0 Å². The largest absolute Gasteiger partial charge is 0.480 e. The third kappa shape index (κ3) is 3.97. The predicted molar refractivity (Wildman–Crippen MR) is 82.5 cm³/mol. The zero-order chi connectivity index (χ0) is 15.2. The van der Waals surface area contributed by atoms with Crippen LogP contribution in [0.4, 0.5) is 4.79 Å². The predicted octanol–water partition coefficient (Wildman–Crippen LogP) is 2.85. The van der Waals surface area contributed by atoms with Crippen molar-refractivity contribution >= 4 is 23.3 Å². The molecule has 0 spiro atoms. The molecule has 116 valence electrons. The maximum absolute atomic E-state index is 12.3. The molecule has 1 aliphatic heterocycles. The Morgan fingerprint density at radius 3 is 2.95 bits per heavy atom. The van der Waals surface area contributed by atoms with Crippen molar-refractivity contribution in [3.63, 3.8) is 0 Å². The fourth-order valence-electron chi connectivity index (χ4n) is 2.70. The second kappa shape index (κ2) is 7.45. The number of rotatable bonds is 4. The molecule has 1 fully saturated rings. The highest BCUT2D eigenvalue weighted by molar-refractivity contribution is 7.10. The third-order valence-electron chi connectivity index (χ3n) is 3.92. The molecule has 0 radical (unpaired) electrons. The first-order valence-electron chi connectivity index (χ1n) is 7.46. The van der Waals surface area contributed by atoms with Gasteiger partial charge in [0.1, 0.15) is 6.04 Å². The van der Waals surface area contributed by atoms with Gasteiger partial charge in [-0.2, -0.15) is 0 Å². The SMILES string of the molecule is CCc1ccsc1CNC(=O)N1CCCCCC1C(=O)O. The van der Waals surface area contributed by atoms with Crippen LogP contribution in [-0.2, 0) is 17.8 Å². The van der Waals surface area contributed by atoms with Crippen molar-refractivity contribution < 1.29 is 14.7 Å². The van der Waals surface area contributed by atoms with Crippen LogP contribution in [0.25, 0.3) is 0 Å². The molecule has 21 heavy (non-hydrogen) atoms. The van der Waals surface area contributed by atoms with Crippen LogP contribution in [0.2, 0.25) is 0 Å². The van der Waals surface area contributed by atoms with Crippen molar-refractivity contribution in [3.05, 3.63) is 21.9 Å². The summed E-state index contributed by atoms with van der Waals surface area (Å²) in [5.74, 6) is -0.905. The van der Waals surface area contributed by atoms with E-state index in [1.807, 2.05) is 5.38 Å². The van der Waals surface area contributed by atoms with Gasteiger partial charge in [0.05, 0.1) is 6.54 Å². The summed E-state index contributed by atoms with van der Waals surface area (Å²) < 4.78 is 0. The van der Waals surface area contributed by atoms with Crippen molar-refractivity contribution in [2.24, 2.45) is 0 Å². The van der Waals surface area contributed by atoms with Crippen LogP contribution in [0.5, 0.6) is 0 Å². The fourth-order valence-corrected chi connectivity index (χ4v) is 3.62. The molecule has 5 nitrogen and oxygen atoms in total. The van der Waals surface area contributed by atoms with Crippen LogP contribution < -0.4 is 5.32 Å². The quantitative estimate of drug-likeness (QED) is 0.898. The first-order valence-corrected chi connectivity index (χ1v) is 8.34. The topological polar surface area (TPSA) is 69.6 Å². The molecular weight excluding hydrogens is 288 g/mol. The van der Waals surface area contributed by atoms with Gasteiger partial charge < -0.3 is 15.3 Å². The molecule has 2 N–H and O–H groups in total. The second-order valence-electron chi connectivity index (χ2n) is 5.28. The molecule has 0 aliphatic carbocycles. The van der Waals surface area contributed by atoms with Crippen LogP contribution in [-0.4, -0.2) is 34.6 Å². The number of nitrogens with one attached hydrogen (secondary N) is 1. The first-order chi connectivity index (χ1) is 10.1. The van der Waals surface area contributed by atoms with E-state index in [4.69, 9.17) is 0 Å². The van der Waals surface area contributed by atoms with E-state index in [-0.39, 0.29) is 6.03 Å². The number of aryl methyl sites for hydroxylation is 1. The highest BCUT2D eigenvalue weighted by Crippen LogP contribution is 2.19. The van der Waals surface area contributed by atoms with Crippen molar-refractivity contribution in [1.82, 2.24) is 10.2 Å². The molecule has 6 heteroatoms. The number of likely N-dealkylation sites (tertiary alicyclic amines) is 1. The summed E-state index contributed by atoms with van der Waals surface area (Å²) in [5.41, 5.74) is 1.24. The molecule has 1 atom stereocenters. The van der Waals surface area contributed by atoms with E-state index < -0.39 is 12.0 Å². The molecular formula is C15H22N2O3S. The number of aliphatic carboxylic acids is 1. The summed E-state index contributed by atoms with van der Waals surface area (Å²) in [4.78, 5) is 26.3. The lowest BCUT2D eigenvalue weighted by molar-refractivity contribution is -0.142. The number of hydrogen-bond donors (Lipinski definition) is 2. The molecule has 2 heterocycles. The monoisotopic (exact) mass is 310 g/mol. The molecule has 1 unspecified atom stereocenters. The minimum Gasteiger partial charge on any atom is -0.480 e. The molecule has 0 bridgehead atoms. The van der Waals surface area contributed by atoms with Crippen LogP contribution >= 0.6 is 11.3 Å². The lowest BCUT2D eigenvalue weighted by Crippen LogP contribution is -2.49. The van der Waals surface area contributed by atoms with E-state index in [0.717, 1.165) is 30.6 Å². The number of carboxylic acids is 1. The maximum Gasteiger partial charge on any atom is 0.326 e. The van der Waals surface area contributed by atoms with E-state index >= 15 is 0 Å².